The number of likely N-dealkylation sites (tertiary alicyclic amines) is 1. The first-order valence-electron chi connectivity index (χ1n) is 7.42. The molecule has 1 aliphatic carbocycles. The zero-order valence-electron chi connectivity index (χ0n) is 11.9. The highest BCUT2D eigenvalue weighted by Gasteiger charge is 2.33. The predicted octanol–water partition coefficient (Wildman–Crippen LogP) is 0.231. The van der Waals surface area contributed by atoms with E-state index in [4.69, 9.17) is 10.3 Å². The van der Waals surface area contributed by atoms with Gasteiger partial charge >= 0.3 is 0 Å². The molecule has 1 aromatic heterocycles. The molecule has 7 nitrogen and oxygen atoms in total. The van der Waals surface area contributed by atoms with Crippen LogP contribution >= 0.6 is 0 Å². The van der Waals surface area contributed by atoms with Gasteiger partial charge < -0.3 is 20.5 Å². The highest BCUT2D eigenvalue weighted by Crippen LogP contribution is 2.40. The highest BCUT2D eigenvalue weighted by atomic mass is 16.5. The molecule has 1 saturated carbocycles. The van der Waals surface area contributed by atoms with E-state index >= 15 is 0 Å². The van der Waals surface area contributed by atoms with Gasteiger partial charge in [0.25, 0.3) is 5.91 Å². The Morgan fingerprint density at radius 2 is 2.19 bits per heavy atom. The molecular weight excluding hydrogens is 272 g/mol. The summed E-state index contributed by atoms with van der Waals surface area (Å²) in [6.45, 7) is 1.64. The molecule has 2 heterocycles. The Hall–Kier alpha value is -1.89. The SMILES string of the molecule is NCCCC(=O)N1CC(NC(=O)c2cc(C3CC3)on2)C1. The third-order valence-electron chi connectivity index (χ3n) is 3.90. The second-order valence-electron chi connectivity index (χ2n) is 5.75. The molecule has 1 aromatic rings. The molecule has 2 fully saturated rings. The Morgan fingerprint density at radius 3 is 2.86 bits per heavy atom. The van der Waals surface area contributed by atoms with Crippen LogP contribution in [0, 0.1) is 0 Å². The molecule has 0 aromatic carbocycles. The molecule has 0 atom stereocenters. The van der Waals surface area contributed by atoms with E-state index in [2.05, 4.69) is 10.5 Å². The van der Waals surface area contributed by atoms with E-state index in [1.54, 1.807) is 11.0 Å². The van der Waals surface area contributed by atoms with Gasteiger partial charge in [-0.1, -0.05) is 5.16 Å². The fourth-order valence-electron chi connectivity index (χ4n) is 2.40. The lowest BCUT2D eigenvalue weighted by atomic mass is 10.1. The number of rotatable bonds is 6. The Morgan fingerprint density at radius 1 is 1.43 bits per heavy atom. The molecule has 3 N–H and O–H groups in total. The Labute approximate surface area is 122 Å². The maximum absolute atomic E-state index is 12.0. The monoisotopic (exact) mass is 292 g/mol. The summed E-state index contributed by atoms with van der Waals surface area (Å²) in [5, 5.41) is 6.67. The maximum atomic E-state index is 12.0. The molecule has 1 saturated heterocycles. The van der Waals surface area contributed by atoms with Gasteiger partial charge in [0, 0.05) is 31.5 Å². The summed E-state index contributed by atoms with van der Waals surface area (Å²) < 4.78 is 5.16. The van der Waals surface area contributed by atoms with E-state index in [1.165, 1.54) is 0 Å². The Balaban J connectivity index is 1.43. The first kappa shape index (κ1) is 14.1. The first-order valence-corrected chi connectivity index (χ1v) is 7.42. The number of nitrogens with zero attached hydrogens (tertiary/aromatic N) is 2. The molecular formula is C14H20N4O3. The topological polar surface area (TPSA) is 101 Å². The van der Waals surface area contributed by atoms with Crippen LogP contribution in [0.3, 0.4) is 0 Å². The van der Waals surface area contributed by atoms with Crippen molar-refractivity contribution in [3.63, 3.8) is 0 Å². The van der Waals surface area contributed by atoms with Crippen molar-refractivity contribution in [1.29, 1.82) is 0 Å². The second kappa shape index (κ2) is 5.85. The minimum absolute atomic E-state index is 0.000372. The summed E-state index contributed by atoms with van der Waals surface area (Å²) in [5.74, 6) is 1.11. The molecule has 1 aliphatic heterocycles. The molecule has 7 heteroatoms. The van der Waals surface area contributed by atoms with Crippen LogP contribution in [0.2, 0.25) is 0 Å². The fourth-order valence-corrected chi connectivity index (χ4v) is 2.40. The number of aromatic nitrogens is 1. The zero-order chi connectivity index (χ0) is 14.8. The Bertz CT molecular complexity index is 532. The van der Waals surface area contributed by atoms with Crippen molar-refractivity contribution >= 4 is 11.8 Å². The molecule has 21 heavy (non-hydrogen) atoms. The minimum Gasteiger partial charge on any atom is -0.360 e. The molecule has 3 rings (SSSR count). The number of carbonyl (C=O) groups is 2. The largest absolute Gasteiger partial charge is 0.360 e. The average Bonchev–Trinajstić information content (AvgIpc) is 3.17. The predicted molar refractivity (Wildman–Crippen MR) is 74.6 cm³/mol. The average molecular weight is 292 g/mol. The van der Waals surface area contributed by atoms with Gasteiger partial charge in [0.05, 0.1) is 6.04 Å². The van der Waals surface area contributed by atoms with Crippen molar-refractivity contribution in [2.24, 2.45) is 5.73 Å². The van der Waals surface area contributed by atoms with Gasteiger partial charge in [0.15, 0.2) is 5.69 Å². The number of carbonyl (C=O) groups excluding carboxylic acids is 2. The van der Waals surface area contributed by atoms with Crippen molar-refractivity contribution in [3.05, 3.63) is 17.5 Å². The van der Waals surface area contributed by atoms with E-state index in [-0.39, 0.29) is 17.9 Å². The van der Waals surface area contributed by atoms with E-state index in [0.717, 1.165) is 18.6 Å². The van der Waals surface area contributed by atoms with Crippen molar-refractivity contribution in [2.45, 2.75) is 37.6 Å². The third kappa shape index (κ3) is 3.24. The summed E-state index contributed by atoms with van der Waals surface area (Å²) in [4.78, 5) is 25.4. The van der Waals surface area contributed by atoms with Crippen LogP contribution in [-0.4, -0.2) is 47.5 Å². The van der Waals surface area contributed by atoms with Crippen molar-refractivity contribution in [2.75, 3.05) is 19.6 Å². The first-order chi connectivity index (χ1) is 10.2. The van der Waals surface area contributed by atoms with Crippen LogP contribution in [0.1, 0.15) is 47.8 Å². The second-order valence-corrected chi connectivity index (χ2v) is 5.75. The lowest BCUT2D eigenvalue weighted by Crippen LogP contribution is -2.61. The van der Waals surface area contributed by atoms with Crippen LogP contribution in [-0.2, 0) is 4.79 Å². The van der Waals surface area contributed by atoms with Crippen molar-refractivity contribution in [1.82, 2.24) is 15.4 Å². The molecule has 0 bridgehead atoms. The van der Waals surface area contributed by atoms with Crippen LogP contribution in [0.5, 0.6) is 0 Å². The van der Waals surface area contributed by atoms with E-state index in [1.807, 2.05) is 0 Å². The molecule has 2 amide bonds. The van der Waals surface area contributed by atoms with Gasteiger partial charge in [-0.25, -0.2) is 0 Å². The number of nitrogens with two attached hydrogens (primary N) is 1. The summed E-state index contributed by atoms with van der Waals surface area (Å²) in [6.07, 6.45) is 3.40. The van der Waals surface area contributed by atoms with Crippen LogP contribution in [0.25, 0.3) is 0 Å². The molecule has 114 valence electrons. The number of hydrogen-bond acceptors (Lipinski definition) is 5. The van der Waals surface area contributed by atoms with Crippen molar-refractivity contribution in [3.8, 4) is 0 Å². The summed E-state index contributed by atoms with van der Waals surface area (Å²) in [5.41, 5.74) is 5.70. The quantitative estimate of drug-likeness (QED) is 0.781. The van der Waals surface area contributed by atoms with Gasteiger partial charge in [-0.2, -0.15) is 0 Å². The highest BCUT2D eigenvalue weighted by molar-refractivity contribution is 5.92. The Kier molecular flexibility index (Phi) is 3.92. The van der Waals surface area contributed by atoms with E-state index in [0.29, 0.717) is 44.1 Å². The molecule has 0 radical (unpaired) electrons. The van der Waals surface area contributed by atoms with Gasteiger partial charge in [-0.3, -0.25) is 9.59 Å². The zero-order valence-corrected chi connectivity index (χ0v) is 11.9. The lowest BCUT2D eigenvalue weighted by Gasteiger charge is -2.39. The molecule has 0 unspecified atom stereocenters. The summed E-state index contributed by atoms with van der Waals surface area (Å²) in [7, 11) is 0. The maximum Gasteiger partial charge on any atom is 0.273 e. The van der Waals surface area contributed by atoms with E-state index < -0.39 is 0 Å². The van der Waals surface area contributed by atoms with Crippen LogP contribution in [0.15, 0.2) is 10.6 Å². The van der Waals surface area contributed by atoms with Gasteiger partial charge in [-0.05, 0) is 25.8 Å². The lowest BCUT2D eigenvalue weighted by molar-refractivity contribution is -0.135. The molecule has 0 spiro atoms. The van der Waals surface area contributed by atoms with Crippen LogP contribution in [0.4, 0.5) is 0 Å². The van der Waals surface area contributed by atoms with Crippen LogP contribution < -0.4 is 11.1 Å². The standard InChI is InChI=1S/C14H20N4O3/c15-5-1-2-13(19)18-7-10(8-18)16-14(20)11-6-12(21-17-11)9-3-4-9/h6,9-10H,1-5,7-8,15H2,(H,16,20). The number of nitrogens with one attached hydrogen (secondary N) is 1. The minimum atomic E-state index is -0.232. The van der Waals surface area contributed by atoms with Gasteiger partial charge in [-0.15, -0.1) is 0 Å². The van der Waals surface area contributed by atoms with Crippen molar-refractivity contribution < 1.29 is 14.1 Å². The normalized spacial score (nSPS) is 18.4. The molecule has 2 aliphatic rings. The third-order valence-corrected chi connectivity index (χ3v) is 3.90. The fraction of sp³-hybridized carbons (Fsp3) is 0.643. The number of amides is 2. The van der Waals surface area contributed by atoms with Gasteiger partial charge in [0.1, 0.15) is 5.76 Å². The van der Waals surface area contributed by atoms with E-state index in [9.17, 15) is 9.59 Å². The van der Waals surface area contributed by atoms with Gasteiger partial charge in [0.2, 0.25) is 5.91 Å². The smallest absolute Gasteiger partial charge is 0.273 e. The summed E-state index contributed by atoms with van der Waals surface area (Å²) in [6, 6.07) is 1.72. The summed E-state index contributed by atoms with van der Waals surface area (Å²) >= 11 is 0. The number of hydrogen-bond donors (Lipinski definition) is 2.